The van der Waals surface area contributed by atoms with Crippen LogP contribution in [0.3, 0.4) is 0 Å². The molecular weight excluding hydrogens is 260 g/mol. The number of nitrogens with one attached hydrogen (secondary N) is 2. The summed E-state index contributed by atoms with van der Waals surface area (Å²) in [5, 5.41) is 3.27. The minimum absolute atomic E-state index is 0.0212. The van der Waals surface area contributed by atoms with Gasteiger partial charge in [0.25, 0.3) is 0 Å². The van der Waals surface area contributed by atoms with Gasteiger partial charge in [-0.1, -0.05) is 13.0 Å². The Balaban J connectivity index is 2.19. The number of piperidine rings is 1. The van der Waals surface area contributed by atoms with E-state index in [1.165, 1.54) is 0 Å². The zero-order chi connectivity index (χ0) is 14.0. The Kier molecular flexibility index (Phi) is 4.28. The second-order valence-electron chi connectivity index (χ2n) is 5.44. The summed E-state index contributed by atoms with van der Waals surface area (Å²) in [5.41, 5.74) is 2.11. The van der Waals surface area contributed by atoms with E-state index in [-0.39, 0.29) is 6.04 Å². The van der Waals surface area contributed by atoms with Crippen LogP contribution in [-0.4, -0.2) is 27.5 Å². The highest BCUT2D eigenvalue weighted by atomic mass is 32.2. The second kappa shape index (κ2) is 5.61. The Bertz CT molecular complexity index is 555. The normalized spacial score (nSPS) is 24.4. The summed E-state index contributed by atoms with van der Waals surface area (Å²) < 4.78 is 27.6. The summed E-state index contributed by atoms with van der Waals surface area (Å²) in [5.74, 6) is 0.315. The molecule has 1 aliphatic rings. The maximum absolute atomic E-state index is 12.4. The quantitative estimate of drug-likeness (QED) is 0.885. The maximum atomic E-state index is 12.4. The Labute approximate surface area is 115 Å². The molecule has 1 heterocycles. The number of hydrogen-bond donors (Lipinski definition) is 2. The van der Waals surface area contributed by atoms with Crippen LogP contribution in [0, 0.1) is 19.8 Å². The summed E-state index contributed by atoms with van der Waals surface area (Å²) >= 11 is 0. The van der Waals surface area contributed by atoms with E-state index in [4.69, 9.17) is 0 Å². The number of benzene rings is 1. The minimum Gasteiger partial charge on any atom is -0.316 e. The molecule has 0 amide bonds. The van der Waals surface area contributed by atoms with Gasteiger partial charge >= 0.3 is 0 Å². The summed E-state index contributed by atoms with van der Waals surface area (Å²) in [4.78, 5) is 0.362. The predicted molar refractivity (Wildman–Crippen MR) is 76.7 cm³/mol. The molecule has 0 saturated carbocycles. The van der Waals surface area contributed by atoms with E-state index in [2.05, 4.69) is 17.0 Å². The fraction of sp³-hybridized carbons (Fsp3) is 0.571. The monoisotopic (exact) mass is 282 g/mol. The molecule has 0 radical (unpaired) electrons. The number of aryl methyl sites for hydroxylation is 2. The van der Waals surface area contributed by atoms with Crippen molar-refractivity contribution in [1.29, 1.82) is 0 Å². The topological polar surface area (TPSA) is 58.2 Å². The van der Waals surface area contributed by atoms with Crippen molar-refractivity contribution >= 4 is 10.0 Å². The van der Waals surface area contributed by atoms with Gasteiger partial charge in [-0.05, 0) is 62.5 Å². The number of hydrogen-bond acceptors (Lipinski definition) is 3. The van der Waals surface area contributed by atoms with Gasteiger partial charge in [-0.25, -0.2) is 13.1 Å². The van der Waals surface area contributed by atoms with Gasteiger partial charge in [0.15, 0.2) is 0 Å². The minimum atomic E-state index is -3.41. The molecule has 19 heavy (non-hydrogen) atoms. The summed E-state index contributed by atoms with van der Waals surface area (Å²) in [6.07, 6.45) is 0.839. The van der Waals surface area contributed by atoms with Crippen LogP contribution in [0.2, 0.25) is 0 Å². The number of sulfonamides is 1. The molecule has 1 aliphatic heterocycles. The average molecular weight is 282 g/mol. The predicted octanol–water partition coefficient (Wildman–Crippen LogP) is 1.58. The van der Waals surface area contributed by atoms with Crippen molar-refractivity contribution in [3.63, 3.8) is 0 Å². The highest BCUT2D eigenvalue weighted by molar-refractivity contribution is 7.89. The van der Waals surface area contributed by atoms with Crippen molar-refractivity contribution in [2.24, 2.45) is 5.92 Å². The Morgan fingerprint density at radius 3 is 2.63 bits per heavy atom. The van der Waals surface area contributed by atoms with Gasteiger partial charge in [0.05, 0.1) is 4.90 Å². The van der Waals surface area contributed by atoms with E-state index in [0.29, 0.717) is 10.8 Å². The molecule has 1 saturated heterocycles. The molecule has 1 aromatic carbocycles. The molecule has 0 bridgehead atoms. The van der Waals surface area contributed by atoms with Crippen molar-refractivity contribution in [3.05, 3.63) is 29.3 Å². The van der Waals surface area contributed by atoms with Crippen LogP contribution >= 0.6 is 0 Å². The molecule has 1 aromatic rings. The second-order valence-corrected chi connectivity index (χ2v) is 7.16. The zero-order valence-electron chi connectivity index (χ0n) is 11.7. The SMILES string of the molecule is Cc1ccc(S(=O)(=O)N[C@@H]2CCNC[C@@H]2C)cc1C. The van der Waals surface area contributed by atoms with E-state index >= 15 is 0 Å². The van der Waals surface area contributed by atoms with Crippen molar-refractivity contribution in [1.82, 2.24) is 10.0 Å². The molecule has 0 aromatic heterocycles. The lowest BCUT2D eigenvalue weighted by Crippen LogP contribution is -2.48. The van der Waals surface area contributed by atoms with Gasteiger partial charge in [-0.2, -0.15) is 0 Å². The standard InChI is InChI=1S/C14H22N2O2S/c1-10-4-5-13(8-11(10)2)19(17,18)16-14-6-7-15-9-12(14)3/h4-5,8,12,14-16H,6-7,9H2,1-3H3/t12-,14+/m0/s1. The van der Waals surface area contributed by atoms with E-state index in [1.54, 1.807) is 12.1 Å². The van der Waals surface area contributed by atoms with Crippen molar-refractivity contribution < 1.29 is 8.42 Å². The molecule has 106 valence electrons. The first-order valence-electron chi connectivity index (χ1n) is 6.70. The first-order valence-corrected chi connectivity index (χ1v) is 8.19. The van der Waals surface area contributed by atoms with E-state index < -0.39 is 10.0 Å². The van der Waals surface area contributed by atoms with Crippen LogP contribution in [0.4, 0.5) is 0 Å². The lowest BCUT2D eigenvalue weighted by Gasteiger charge is -2.30. The zero-order valence-corrected chi connectivity index (χ0v) is 12.5. The number of rotatable bonds is 3. The lowest BCUT2D eigenvalue weighted by atomic mass is 9.97. The molecule has 0 spiro atoms. The van der Waals surface area contributed by atoms with Crippen LogP contribution in [-0.2, 0) is 10.0 Å². The molecule has 1 fully saturated rings. The molecule has 4 nitrogen and oxygen atoms in total. The smallest absolute Gasteiger partial charge is 0.240 e. The van der Waals surface area contributed by atoms with Gasteiger partial charge in [0.1, 0.15) is 0 Å². The third-order valence-corrected chi connectivity index (χ3v) is 5.37. The third-order valence-electron chi connectivity index (χ3n) is 3.88. The molecule has 2 atom stereocenters. The van der Waals surface area contributed by atoms with Crippen LogP contribution < -0.4 is 10.0 Å². The molecule has 2 N–H and O–H groups in total. The van der Waals surface area contributed by atoms with Crippen molar-refractivity contribution in [3.8, 4) is 0 Å². The fourth-order valence-electron chi connectivity index (χ4n) is 2.34. The summed E-state index contributed by atoms with van der Waals surface area (Å²) in [7, 11) is -3.41. The average Bonchev–Trinajstić information content (AvgIpc) is 2.35. The fourth-order valence-corrected chi connectivity index (χ4v) is 3.80. The van der Waals surface area contributed by atoms with Crippen LogP contribution in [0.1, 0.15) is 24.5 Å². The molecule has 2 rings (SSSR count). The van der Waals surface area contributed by atoms with Gasteiger partial charge < -0.3 is 5.32 Å². The van der Waals surface area contributed by atoms with Gasteiger partial charge in [-0.15, -0.1) is 0 Å². The molecule has 5 heteroatoms. The van der Waals surface area contributed by atoms with E-state index in [0.717, 1.165) is 30.6 Å². The largest absolute Gasteiger partial charge is 0.316 e. The highest BCUT2D eigenvalue weighted by Crippen LogP contribution is 2.18. The van der Waals surface area contributed by atoms with Crippen molar-refractivity contribution in [2.45, 2.75) is 38.1 Å². The maximum Gasteiger partial charge on any atom is 0.240 e. The van der Waals surface area contributed by atoms with Crippen LogP contribution in [0.15, 0.2) is 23.1 Å². The molecule has 0 unspecified atom stereocenters. The van der Waals surface area contributed by atoms with Gasteiger partial charge in [-0.3, -0.25) is 0 Å². The first-order chi connectivity index (χ1) is 8.90. The van der Waals surface area contributed by atoms with Crippen LogP contribution in [0.25, 0.3) is 0 Å². The van der Waals surface area contributed by atoms with E-state index in [1.807, 2.05) is 19.9 Å². The van der Waals surface area contributed by atoms with Crippen molar-refractivity contribution in [2.75, 3.05) is 13.1 Å². The lowest BCUT2D eigenvalue weighted by molar-refractivity contribution is 0.328. The Morgan fingerprint density at radius 2 is 2.00 bits per heavy atom. The third kappa shape index (κ3) is 3.35. The summed E-state index contributed by atoms with van der Waals surface area (Å²) in [6, 6.07) is 5.29. The van der Waals surface area contributed by atoms with Gasteiger partial charge in [0.2, 0.25) is 10.0 Å². The first kappa shape index (κ1) is 14.5. The molecular formula is C14H22N2O2S. The Morgan fingerprint density at radius 1 is 1.26 bits per heavy atom. The molecule has 0 aliphatic carbocycles. The summed E-state index contributed by atoms with van der Waals surface area (Å²) in [6.45, 7) is 7.71. The Hall–Kier alpha value is -0.910. The van der Waals surface area contributed by atoms with E-state index in [9.17, 15) is 8.42 Å². The van der Waals surface area contributed by atoms with Gasteiger partial charge in [0, 0.05) is 6.04 Å². The van der Waals surface area contributed by atoms with Crippen LogP contribution in [0.5, 0.6) is 0 Å². The highest BCUT2D eigenvalue weighted by Gasteiger charge is 2.26.